The summed E-state index contributed by atoms with van der Waals surface area (Å²) in [5.74, 6) is 2.05. The summed E-state index contributed by atoms with van der Waals surface area (Å²) in [4.78, 5) is 18.8. The lowest BCUT2D eigenvalue weighted by molar-refractivity contribution is 0.140. The standard InChI is InChI=1S/C23H23F2IN7PS/c1-11-8-18(28-12(2)27-11)30-19-10-16(20-22(31-19)33(34-26)23(32-20)21(24)25)29-15-7-6-14(13-4-5-13)9-17(15)35-3/h6-10,13,21,34H,4-5H2,1-3H3,(H2,27,28,29,30,31). The van der Waals surface area contributed by atoms with Crippen molar-refractivity contribution in [1.82, 2.24) is 24.3 Å². The van der Waals surface area contributed by atoms with Gasteiger partial charge in [-0.3, -0.25) is 4.34 Å². The van der Waals surface area contributed by atoms with Crippen molar-refractivity contribution in [2.75, 3.05) is 16.9 Å². The molecule has 12 heteroatoms. The van der Waals surface area contributed by atoms with Crippen molar-refractivity contribution >= 4 is 74.4 Å². The van der Waals surface area contributed by atoms with E-state index >= 15 is 0 Å². The van der Waals surface area contributed by atoms with Crippen LogP contribution in [0.3, 0.4) is 0 Å². The number of anilines is 4. The van der Waals surface area contributed by atoms with E-state index in [9.17, 15) is 8.78 Å². The van der Waals surface area contributed by atoms with Gasteiger partial charge in [0, 0.05) is 22.7 Å². The van der Waals surface area contributed by atoms with Gasteiger partial charge in [0.15, 0.2) is 11.5 Å². The maximum Gasteiger partial charge on any atom is 0.295 e. The van der Waals surface area contributed by atoms with Gasteiger partial charge in [-0.15, -0.1) is 11.8 Å². The SMILES string of the molecule is CSc1cc(C2CC2)ccc1Nc1cc(Nc2cc(C)nc(C)n2)nc2c1nc(C(F)F)n2PI. The molecule has 0 saturated heterocycles. The van der Waals surface area contributed by atoms with E-state index in [4.69, 9.17) is 0 Å². The second kappa shape index (κ2) is 10.1. The number of pyridine rings is 1. The fraction of sp³-hybridized carbons (Fsp3) is 0.304. The van der Waals surface area contributed by atoms with E-state index in [1.54, 1.807) is 17.8 Å². The van der Waals surface area contributed by atoms with E-state index in [2.05, 4.69) is 70.8 Å². The number of benzene rings is 1. The first-order valence-corrected chi connectivity index (χ1v) is 16.3. The summed E-state index contributed by atoms with van der Waals surface area (Å²) in [7, 11) is 0. The number of fused-ring (bicyclic) bond motifs is 1. The molecule has 0 aliphatic heterocycles. The van der Waals surface area contributed by atoms with Gasteiger partial charge >= 0.3 is 0 Å². The number of aromatic nitrogens is 5. The van der Waals surface area contributed by atoms with Gasteiger partial charge in [-0.2, -0.15) is 0 Å². The highest BCUT2D eigenvalue weighted by molar-refractivity contribution is 14.2. The number of hydrogen-bond donors (Lipinski definition) is 2. The first kappa shape index (κ1) is 24.6. The van der Waals surface area contributed by atoms with E-state index in [-0.39, 0.29) is 12.2 Å². The maximum absolute atomic E-state index is 13.8. The third-order valence-electron chi connectivity index (χ3n) is 5.69. The maximum atomic E-state index is 13.8. The number of halogens is 3. The number of nitrogens with one attached hydrogen (secondary N) is 2. The highest BCUT2D eigenvalue weighted by Crippen LogP contribution is 2.43. The Kier molecular flexibility index (Phi) is 7.09. The molecule has 0 radical (unpaired) electrons. The summed E-state index contributed by atoms with van der Waals surface area (Å²) in [6.45, 7) is 3.71. The molecule has 182 valence electrons. The van der Waals surface area contributed by atoms with Gasteiger partial charge in [0.2, 0.25) is 0 Å². The molecule has 1 aliphatic carbocycles. The highest BCUT2D eigenvalue weighted by Gasteiger charge is 2.25. The van der Waals surface area contributed by atoms with Crippen LogP contribution in [-0.4, -0.2) is 30.5 Å². The van der Waals surface area contributed by atoms with Crippen molar-refractivity contribution in [2.45, 2.75) is 43.9 Å². The van der Waals surface area contributed by atoms with Crippen LogP contribution in [0.1, 0.15) is 48.1 Å². The number of imidazole rings is 1. The molecule has 4 aromatic rings. The van der Waals surface area contributed by atoms with Crippen LogP contribution in [0.4, 0.5) is 31.8 Å². The Morgan fingerprint density at radius 2 is 1.80 bits per heavy atom. The fourth-order valence-electron chi connectivity index (χ4n) is 3.99. The Morgan fingerprint density at radius 1 is 1.03 bits per heavy atom. The molecule has 1 atom stereocenters. The van der Waals surface area contributed by atoms with E-state index in [0.29, 0.717) is 40.2 Å². The predicted molar refractivity (Wildman–Crippen MR) is 148 cm³/mol. The molecular weight excluding hydrogens is 602 g/mol. The molecule has 1 aliphatic rings. The van der Waals surface area contributed by atoms with Crippen molar-refractivity contribution in [3.05, 3.63) is 53.2 Å². The molecule has 3 aromatic heterocycles. The first-order chi connectivity index (χ1) is 16.9. The Labute approximate surface area is 220 Å². The molecular formula is C23H23F2IN7PS. The van der Waals surface area contributed by atoms with Crippen LogP contribution in [0.25, 0.3) is 11.2 Å². The van der Waals surface area contributed by atoms with Crippen LogP contribution in [0.2, 0.25) is 0 Å². The van der Waals surface area contributed by atoms with Crippen LogP contribution in [0.15, 0.2) is 35.2 Å². The minimum Gasteiger partial charge on any atom is -0.353 e. The smallest absolute Gasteiger partial charge is 0.295 e. The normalized spacial score (nSPS) is 13.9. The van der Waals surface area contributed by atoms with Crippen LogP contribution in [0, 0.1) is 13.8 Å². The zero-order valence-electron chi connectivity index (χ0n) is 19.2. The average molecular weight is 625 g/mol. The molecule has 1 fully saturated rings. The summed E-state index contributed by atoms with van der Waals surface area (Å²) in [6, 6.07) is 10.0. The van der Waals surface area contributed by atoms with Crippen LogP contribution in [0.5, 0.6) is 0 Å². The number of hydrogen-bond acceptors (Lipinski definition) is 7. The molecule has 3 heterocycles. The van der Waals surface area contributed by atoms with Crippen LogP contribution >= 0.6 is 40.2 Å². The average Bonchev–Trinajstić information content (AvgIpc) is 3.59. The third-order valence-corrected chi connectivity index (χ3v) is 8.52. The zero-order valence-corrected chi connectivity index (χ0v) is 23.2. The quantitative estimate of drug-likeness (QED) is 0.118. The summed E-state index contributed by atoms with van der Waals surface area (Å²) >= 11 is 3.73. The molecule has 2 N–H and O–H groups in total. The molecule has 0 amide bonds. The number of nitrogens with zero attached hydrogens (tertiary/aromatic N) is 5. The van der Waals surface area contributed by atoms with E-state index in [1.807, 2.05) is 26.2 Å². The zero-order chi connectivity index (χ0) is 24.7. The lowest BCUT2D eigenvalue weighted by Crippen LogP contribution is -2.03. The monoisotopic (exact) mass is 625 g/mol. The first-order valence-electron chi connectivity index (χ1n) is 11.0. The molecule has 5 rings (SSSR count). The van der Waals surface area contributed by atoms with E-state index < -0.39 is 6.43 Å². The van der Waals surface area contributed by atoms with Gasteiger partial charge in [0.05, 0.1) is 17.7 Å². The molecule has 0 bridgehead atoms. The van der Waals surface area contributed by atoms with Gasteiger partial charge in [-0.1, -0.05) is 6.07 Å². The second-order valence-electron chi connectivity index (χ2n) is 8.34. The summed E-state index contributed by atoms with van der Waals surface area (Å²) < 4.78 is 29.1. The lowest BCUT2D eigenvalue weighted by atomic mass is 10.1. The summed E-state index contributed by atoms with van der Waals surface area (Å²) in [5, 5.41) is 6.67. The minimum atomic E-state index is -2.71. The summed E-state index contributed by atoms with van der Waals surface area (Å²) in [6.07, 6.45) is 1.81. The van der Waals surface area contributed by atoms with Gasteiger partial charge in [-0.05, 0) is 78.6 Å². The van der Waals surface area contributed by atoms with Crippen molar-refractivity contribution in [3.63, 3.8) is 0 Å². The largest absolute Gasteiger partial charge is 0.353 e. The molecule has 1 aromatic carbocycles. The van der Waals surface area contributed by atoms with Crippen molar-refractivity contribution in [1.29, 1.82) is 0 Å². The summed E-state index contributed by atoms with van der Waals surface area (Å²) in [5.41, 5.74) is 4.46. The van der Waals surface area contributed by atoms with E-state index in [1.165, 1.54) is 22.7 Å². The number of rotatable bonds is 8. The molecule has 1 unspecified atom stereocenters. The fourth-order valence-corrected chi connectivity index (χ4v) is 6.48. The lowest BCUT2D eigenvalue weighted by Gasteiger charge is -2.14. The van der Waals surface area contributed by atoms with Crippen LogP contribution in [-0.2, 0) is 0 Å². The van der Waals surface area contributed by atoms with Gasteiger partial charge in [-0.25, -0.2) is 28.7 Å². The van der Waals surface area contributed by atoms with Gasteiger partial charge in [0.25, 0.3) is 6.43 Å². The molecule has 35 heavy (non-hydrogen) atoms. The number of alkyl halides is 2. The van der Waals surface area contributed by atoms with Gasteiger partial charge < -0.3 is 10.6 Å². The van der Waals surface area contributed by atoms with Crippen molar-refractivity contribution < 1.29 is 8.78 Å². The molecule has 1 saturated carbocycles. The highest BCUT2D eigenvalue weighted by atomic mass is 127. The predicted octanol–water partition coefficient (Wildman–Crippen LogP) is 7.65. The Bertz CT molecular complexity index is 1390. The van der Waals surface area contributed by atoms with Crippen LogP contribution < -0.4 is 10.6 Å². The Hall–Kier alpha value is -2.11. The molecule has 0 spiro atoms. The second-order valence-corrected chi connectivity index (χ2v) is 11.3. The Balaban J connectivity index is 1.62. The Morgan fingerprint density at radius 3 is 2.46 bits per heavy atom. The van der Waals surface area contributed by atoms with E-state index in [0.717, 1.165) is 16.3 Å². The van der Waals surface area contributed by atoms with Gasteiger partial charge in [0.1, 0.15) is 23.0 Å². The number of thioether (sulfide) groups is 1. The molecule has 7 nitrogen and oxygen atoms in total. The minimum absolute atomic E-state index is 0.0208. The van der Waals surface area contributed by atoms with Crippen molar-refractivity contribution in [2.24, 2.45) is 0 Å². The topological polar surface area (TPSA) is 80.6 Å². The number of aryl methyl sites for hydroxylation is 2. The van der Waals surface area contributed by atoms with Crippen molar-refractivity contribution in [3.8, 4) is 0 Å². The third kappa shape index (κ3) is 5.22.